The summed E-state index contributed by atoms with van der Waals surface area (Å²) in [5, 5.41) is 2.90. The van der Waals surface area contributed by atoms with Gasteiger partial charge < -0.3 is 14.8 Å². The van der Waals surface area contributed by atoms with Crippen molar-refractivity contribution in [2.45, 2.75) is 5.75 Å². The minimum atomic E-state index is -0.0878. The first-order chi connectivity index (χ1) is 12.3. The number of carbonyl (C=O) groups excluding carboxylic acids is 1. The average Bonchev–Trinajstić information content (AvgIpc) is 2.67. The van der Waals surface area contributed by atoms with Crippen molar-refractivity contribution in [2.24, 2.45) is 0 Å². The Morgan fingerprint density at radius 2 is 1.88 bits per heavy atom. The lowest BCUT2D eigenvalue weighted by Crippen LogP contribution is -2.23. The molecule has 1 aliphatic rings. The Morgan fingerprint density at radius 1 is 1.08 bits per heavy atom. The molecule has 0 saturated carbocycles. The molecule has 0 aliphatic carbocycles. The predicted molar refractivity (Wildman–Crippen MR) is 102 cm³/mol. The van der Waals surface area contributed by atoms with Crippen LogP contribution in [0, 0.1) is 0 Å². The predicted octanol–water partition coefficient (Wildman–Crippen LogP) is 3.52. The average molecular weight is 355 g/mol. The first kappa shape index (κ1) is 17.4. The zero-order chi connectivity index (χ0) is 17.3. The summed E-state index contributed by atoms with van der Waals surface area (Å²) in [5.74, 6) is 3.24. The van der Waals surface area contributed by atoms with Crippen LogP contribution in [-0.4, -0.2) is 31.4 Å². The van der Waals surface area contributed by atoms with Gasteiger partial charge >= 0.3 is 0 Å². The number of carbonyl (C=O) groups is 1. The Balaban J connectivity index is 1.38. The van der Waals surface area contributed by atoms with Gasteiger partial charge in [0.25, 0.3) is 0 Å². The molecule has 1 heterocycles. The van der Waals surface area contributed by atoms with E-state index in [-0.39, 0.29) is 5.91 Å². The fourth-order valence-corrected chi connectivity index (χ4v) is 3.22. The summed E-state index contributed by atoms with van der Waals surface area (Å²) in [7, 11) is 0. The molecule has 25 heavy (non-hydrogen) atoms. The van der Waals surface area contributed by atoms with Crippen molar-refractivity contribution in [3.8, 4) is 11.5 Å². The first-order valence-corrected chi connectivity index (χ1v) is 9.44. The highest BCUT2D eigenvalue weighted by Gasteiger charge is 2.10. The van der Waals surface area contributed by atoms with E-state index in [2.05, 4.69) is 17.4 Å². The lowest BCUT2D eigenvalue weighted by Gasteiger charge is -2.18. The first-order valence-electron chi connectivity index (χ1n) is 8.28. The Morgan fingerprint density at radius 3 is 2.72 bits per heavy atom. The molecule has 2 aromatic carbocycles. The van der Waals surface area contributed by atoms with Crippen LogP contribution in [-0.2, 0) is 10.5 Å². The zero-order valence-corrected chi connectivity index (χ0v) is 14.8. The van der Waals surface area contributed by atoms with Crippen molar-refractivity contribution in [3.63, 3.8) is 0 Å². The molecule has 0 unspecified atom stereocenters. The van der Waals surface area contributed by atoms with Gasteiger partial charge in [0.2, 0.25) is 5.91 Å². The van der Waals surface area contributed by atoms with Crippen LogP contribution < -0.4 is 14.8 Å². The van der Waals surface area contributed by atoms with E-state index >= 15 is 0 Å². The van der Waals surface area contributed by atoms with Gasteiger partial charge in [-0.3, -0.25) is 4.79 Å². The van der Waals surface area contributed by atoms with E-state index in [9.17, 15) is 4.79 Å². The van der Waals surface area contributed by atoms with E-state index in [1.54, 1.807) is 12.2 Å². The van der Waals surface area contributed by atoms with Crippen LogP contribution in [0.3, 0.4) is 0 Å². The number of fused-ring (bicyclic) bond motifs is 1. The van der Waals surface area contributed by atoms with E-state index in [4.69, 9.17) is 9.47 Å². The van der Waals surface area contributed by atoms with Gasteiger partial charge in [0.05, 0.1) is 0 Å². The molecule has 0 saturated heterocycles. The molecule has 0 fully saturated rings. The number of amides is 1. The molecule has 4 nitrogen and oxygen atoms in total. The number of thioether (sulfide) groups is 1. The number of rotatable bonds is 7. The lowest BCUT2D eigenvalue weighted by atomic mass is 10.2. The number of hydrogen-bond donors (Lipinski definition) is 1. The highest BCUT2D eigenvalue weighted by molar-refractivity contribution is 7.98. The van der Waals surface area contributed by atoms with Crippen molar-refractivity contribution in [3.05, 3.63) is 65.7 Å². The van der Waals surface area contributed by atoms with E-state index < -0.39 is 0 Å². The van der Waals surface area contributed by atoms with Gasteiger partial charge in [0.1, 0.15) is 13.2 Å². The lowest BCUT2D eigenvalue weighted by molar-refractivity contribution is -0.116. The third-order valence-electron chi connectivity index (χ3n) is 3.65. The topological polar surface area (TPSA) is 47.6 Å². The van der Waals surface area contributed by atoms with Crippen molar-refractivity contribution in [1.82, 2.24) is 5.32 Å². The van der Waals surface area contributed by atoms with Crippen LogP contribution in [0.5, 0.6) is 11.5 Å². The Hall–Kier alpha value is -2.40. The summed E-state index contributed by atoms with van der Waals surface area (Å²) in [6.07, 6.45) is 3.33. The Bertz CT molecular complexity index is 731. The van der Waals surface area contributed by atoms with Gasteiger partial charge in [-0.2, -0.15) is 11.8 Å². The van der Waals surface area contributed by atoms with Gasteiger partial charge in [-0.05, 0) is 29.3 Å². The highest BCUT2D eigenvalue weighted by Crippen LogP contribution is 2.31. The summed E-state index contributed by atoms with van der Waals surface area (Å²) in [6.45, 7) is 1.79. The maximum absolute atomic E-state index is 11.9. The van der Waals surface area contributed by atoms with Crippen LogP contribution in [0.4, 0.5) is 0 Å². The second-order valence-electron chi connectivity index (χ2n) is 5.57. The molecule has 3 rings (SSSR count). The maximum atomic E-state index is 11.9. The molecule has 0 bridgehead atoms. The molecule has 1 N–H and O–H groups in total. The Kier molecular flexibility index (Phi) is 6.40. The standard InChI is InChI=1S/C20H21NO3S/c22-20(21-10-13-25-15-17-4-2-1-3-5-17)9-7-16-6-8-18-19(14-16)24-12-11-23-18/h1-9,14H,10-13,15H2,(H,21,22)/b9-7+. The van der Waals surface area contributed by atoms with Crippen molar-refractivity contribution >= 4 is 23.7 Å². The van der Waals surface area contributed by atoms with Gasteiger partial charge in [-0.1, -0.05) is 36.4 Å². The second kappa shape index (κ2) is 9.18. The maximum Gasteiger partial charge on any atom is 0.244 e. The highest BCUT2D eigenvalue weighted by atomic mass is 32.2. The molecule has 0 radical (unpaired) electrons. The van der Waals surface area contributed by atoms with Gasteiger partial charge in [0, 0.05) is 24.1 Å². The molecular weight excluding hydrogens is 334 g/mol. The minimum absolute atomic E-state index is 0.0878. The minimum Gasteiger partial charge on any atom is -0.486 e. The molecule has 0 atom stereocenters. The fourth-order valence-electron chi connectivity index (χ4n) is 2.41. The third kappa shape index (κ3) is 5.57. The number of benzene rings is 2. The summed E-state index contributed by atoms with van der Waals surface area (Å²) < 4.78 is 11.0. The summed E-state index contributed by atoms with van der Waals surface area (Å²) in [6, 6.07) is 16.0. The number of hydrogen-bond acceptors (Lipinski definition) is 4. The van der Waals surface area contributed by atoms with Gasteiger partial charge in [-0.15, -0.1) is 0 Å². The van der Waals surface area contributed by atoms with Gasteiger partial charge in [-0.25, -0.2) is 0 Å². The molecular formula is C20H21NO3S. The fraction of sp³-hybridized carbons (Fsp3) is 0.250. The van der Waals surface area contributed by atoms with Gasteiger partial charge in [0.15, 0.2) is 11.5 Å². The molecule has 1 amide bonds. The quantitative estimate of drug-likeness (QED) is 0.610. The Labute approximate surface area is 152 Å². The van der Waals surface area contributed by atoms with Crippen molar-refractivity contribution in [2.75, 3.05) is 25.5 Å². The monoisotopic (exact) mass is 355 g/mol. The van der Waals surface area contributed by atoms with Crippen LogP contribution in [0.15, 0.2) is 54.6 Å². The smallest absolute Gasteiger partial charge is 0.244 e. The van der Waals surface area contributed by atoms with Crippen LogP contribution in [0.2, 0.25) is 0 Å². The third-order valence-corrected chi connectivity index (χ3v) is 4.68. The van der Waals surface area contributed by atoms with Crippen molar-refractivity contribution in [1.29, 1.82) is 0 Å². The molecule has 1 aliphatic heterocycles. The van der Waals surface area contributed by atoms with Crippen LogP contribution in [0.25, 0.3) is 6.08 Å². The molecule has 2 aromatic rings. The normalized spacial score (nSPS) is 13.0. The summed E-state index contributed by atoms with van der Waals surface area (Å²) in [5.41, 5.74) is 2.22. The summed E-state index contributed by atoms with van der Waals surface area (Å²) in [4.78, 5) is 11.9. The van der Waals surface area contributed by atoms with E-state index in [0.29, 0.717) is 19.8 Å². The molecule has 5 heteroatoms. The van der Waals surface area contributed by atoms with E-state index in [1.807, 2.05) is 48.2 Å². The van der Waals surface area contributed by atoms with Crippen LogP contribution >= 0.6 is 11.8 Å². The SMILES string of the molecule is O=C(/C=C/c1ccc2c(c1)OCCO2)NCCSCc1ccccc1. The number of ether oxygens (including phenoxy) is 2. The summed E-state index contributed by atoms with van der Waals surface area (Å²) >= 11 is 1.81. The van der Waals surface area contributed by atoms with Crippen molar-refractivity contribution < 1.29 is 14.3 Å². The number of nitrogens with one attached hydrogen (secondary N) is 1. The van der Waals surface area contributed by atoms with Crippen LogP contribution in [0.1, 0.15) is 11.1 Å². The van der Waals surface area contributed by atoms with E-state index in [1.165, 1.54) is 5.56 Å². The molecule has 130 valence electrons. The second-order valence-corrected chi connectivity index (χ2v) is 6.67. The molecule has 0 spiro atoms. The largest absolute Gasteiger partial charge is 0.486 e. The zero-order valence-electron chi connectivity index (χ0n) is 13.9. The molecule has 0 aromatic heterocycles. The van der Waals surface area contributed by atoms with E-state index in [0.717, 1.165) is 28.6 Å².